The Bertz CT molecular complexity index is 653. The van der Waals surface area contributed by atoms with Crippen molar-refractivity contribution in [3.63, 3.8) is 0 Å². The summed E-state index contributed by atoms with van der Waals surface area (Å²) >= 11 is 0. The molecule has 0 aliphatic heterocycles. The number of rotatable bonds is 5. The van der Waals surface area contributed by atoms with Crippen molar-refractivity contribution in [1.29, 1.82) is 0 Å². The smallest absolute Gasteiger partial charge is 0.263 e. The van der Waals surface area contributed by atoms with Crippen molar-refractivity contribution < 1.29 is 8.42 Å². The molecule has 0 radical (unpaired) electrons. The Morgan fingerprint density at radius 3 is 2.30 bits per heavy atom. The number of aromatic nitrogens is 1. The molecule has 20 heavy (non-hydrogen) atoms. The van der Waals surface area contributed by atoms with Crippen LogP contribution in [0.2, 0.25) is 0 Å². The van der Waals surface area contributed by atoms with Crippen LogP contribution in [0.5, 0.6) is 0 Å². The largest absolute Gasteiger partial charge is 0.383 e. The van der Waals surface area contributed by atoms with Gasteiger partial charge in [-0.05, 0) is 50.2 Å². The van der Waals surface area contributed by atoms with Gasteiger partial charge in [-0.3, -0.25) is 4.72 Å². The maximum atomic E-state index is 12.2. The number of hydrogen-bond donors (Lipinski definition) is 2. The van der Waals surface area contributed by atoms with Crippen LogP contribution in [0, 0.1) is 0 Å². The van der Waals surface area contributed by atoms with Gasteiger partial charge in [0, 0.05) is 17.9 Å². The van der Waals surface area contributed by atoms with E-state index in [2.05, 4.69) is 15.0 Å². The van der Waals surface area contributed by atoms with Crippen LogP contribution in [0.4, 0.5) is 11.5 Å². The van der Waals surface area contributed by atoms with Crippen molar-refractivity contribution in [1.82, 2.24) is 4.98 Å². The van der Waals surface area contributed by atoms with Crippen molar-refractivity contribution in [2.75, 3.05) is 10.0 Å². The molecule has 0 saturated carbocycles. The lowest BCUT2D eigenvalue weighted by Crippen LogP contribution is -2.14. The Kier molecular flexibility index (Phi) is 4.24. The quantitative estimate of drug-likeness (QED) is 0.888. The fourth-order valence-corrected chi connectivity index (χ4v) is 2.69. The zero-order valence-corrected chi connectivity index (χ0v) is 12.2. The molecule has 0 saturated heterocycles. The molecule has 6 heteroatoms. The highest BCUT2D eigenvalue weighted by Crippen LogP contribution is 2.17. The lowest BCUT2D eigenvalue weighted by Gasteiger charge is -2.11. The molecular weight excluding hydrogens is 274 g/mol. The molecule has 2 rings (SSSR count). The predicted octanol–water partition coefficient (Wildman–Crippen LogP) is 2.70. The summed E-state index contributed by atoms with van der Waals surface area (Å²) in [5.41, 5.74) is 0.886. The van der Waals surface area contributed by atoms with Crippen LogP contribution in [0.1, 0.15) is 13.8 Å². The van der Waals surface area contributed by atoms with Gasteiger partial charge in [0.1, 0.15) is 5.82 Å². The van der Waals surface area contributed by atoms with E-state index < -0.39 is 10.0 Å². The van der Waals surface area contributed by atoms with Gasteiger partial charge in [-0.25, -0.2) is 13.4 Å². The van der Waals surface area contributed by atoms with Gasteiger partial charge in [0.15, 0.2) is 0 Å². The number of benzene rings is 1. The van der Waals surface area contributed by atoms with Crippen molar-refractivity contribution >= 4 is 21.5 Å². The van der Waals surface area contributed by atoms with E-state index in [1.54, 1.807) is 42.5 Å². The number of pyridine rings is 1. The number of nitrogens with one attached hydrogen (secondary N) is 2. The highest BCUT2D eigenvalue weighted by molar-refractivity contribution is 7.92. The highest BCUT2D eigenvalue weighted by Gasteiger charge is 2.14. The van der Waals surface area contributed by atoms with Crippen LogP contribution in [0.25, 0.3) is 0 Å². The summed E-state index contributed by atoms with van der Waals surface area (Å²) < 4.78 is 26.8. The Hall–Kier alpha value is -2.08. The van der Waals surface area contributed by atoms with Gasteiger partial charge in [-0.15, -0.1) is 0 Å². The molecule has 1 heterocycles. The number of sulfonamides is 1. The SMILES string of the molecule is CC(C)Nc1ccc(S(=O)(=O)Nc2ccccn2)cc1. The molecule has 0 atom stereocenters. The molecule has 2 N–H and O–H groups in total. The van der Waals surface area contributed by atoms with Gasteiger partial charge in [0.25, 0.3) is 10.0 Å². The zero-order chi connectivity index (χ0) is 14.6. The molecule has 0 spiro atoms. The molecule has 106 valence electrons. The average Bonchev–Trinajstić information content (AvgIpc) is 2.39. The van der Waals surface area contributed by atoms with Crippen LogP contribution in [0.3, 0.4) is 0 Å². The Morgan fingerprint density at radius 1 is 1.05 bits per heavy atom. The summed E-state index contributed by atoms with van der Waals surface area (Å²) in [7, 11) is -3.60. The lowest BCUT2D eigenvalue weighted by molar-refractivity contribution is 0.601. The summed E-state index contributed by atoms with van der Waals surface area (Å²) in [6.07, 6.45) is 1.54. The monoisotopic (exact) mass is 291 g/mol. The van der Waals surface area contributed by atoms with E-state index in [4.69, 9.17) is 0 Å². The molecule has 0 aliphatic carbocycles. The van der Waals surface area contributed by atoms with Gasteiger partial charge in [-0.2, -0.15) is 0 Å². The molecule has 0 unspecified atom stereocenters. The molecule has 0 bridgehead atoms. The van der Waals surface area contributed by atoms with E-state index in [-0.39, 0.29) is 4.90 Å². The number of anilines is 2. The van der Waals surface area contributed by atoms with E-state index in [9.17, 15) is 8.42 Å². The Labute approximate surface area is 119 Å². The van der Waals surface area contributed by atoms with Crippen LogP contribution in [0.15, 0.2) is 53.6 Å². The van der Waals surface area contributed by atoms with E-state index >= 15 is 0 Å². The minimum absolute atomic E-state index is 0.206. The second-order valence-corrected chi connectivity index (χ2v) is 6.33. The van der Waals surface area contributed by atoms with Crippen molar-refractivity contribution in [2.45, 2.75) is 24.8 Å². The number of hydrogen-bond acceptors (Lipinski definition) is 4. The van der Waals surface area contributed by atoms with Gasteiger partial charge in [0.05, 0.1) is 4.90 Å². The summed E-state index contributed by atoms with van der Waals surface area (Å²) in [5.74, 6) is 0.303. The standard InChI is InChI=1S/C14H17N3O2S/c1-11(2)16-12-6-8-13(9-7-12)20(18,19)17-14-5-3-4-10-15-14/h3-11,16H,1-2H3,(H,15,17). The highest BCUT2D eigenvalue weighted by atomic mass is 32.2. The Balaban J connectivity index is 2.17. The van der Waals surface area contributed by atoms with E-state index in [0.29, 0.717) is 11.9 Å². The minimum atomic E-state index is -3.60. The molecule has 0 aliphatic rings. The Morgan fingerprint density at radius 2 is 1.75 bits per heavy atom. The molecular formula is C14H17N3O2S. The number of nitrogens with zero attached hydrogens (tertiary/aromatic N) is 1. The second kappa shape index (κ2) is 5.92. The first-order valence-corrected chi connectivity index (χ1v) is 7.76. The third-order valence-electron chi connectivity index (χ3n) is 2.52. The van der Waals surface area contributed by atoms with Crippen LogP contribution in [-0.4, -0.2) is 19.4 Å². The average molecular weight is 291 g/mol. The first-order chi connectivity index (χ1) is 9.47. The molecule has 2 aromatic rings. The van der Waals surface area contributed by atoms with E-state index in [0.717, 1.165) is 5.69 Å². The maximum Gasteiger partial charge on any atom is 0.263 e. The van der Waals surface area contributed by atoms with Crippen molar-refractivity contribution in [3.8, 4) is 0 Å². The van der Waals surface area contributed by atoms with Crippen LogP contribution >= 0.6 is 0 Å². The summed E-state index contributed by atoms with van der Waals surface area (Å²) in [4.78, 5) is 4.15. The van der Waals surface area contributed by atoms with Gasteiger partial charge >= 0.3 is 0 Å². The van der Waals surface area contributed by atoms with Gasteiger partial charge in [0.2, 0.25) is 0 Å². The maximum absolute atomic E-state index is 12.2. The van der Waals surface area contributed by atoms with Crippen LogP contribution < -0.4 is 10.0 Å². The lowest BCUT2D eigenvalue weighted by atomic mass is 10.3. The third kappa shape index (κ3) is 3.71. The first kappa shape index (κ1) is 14.3. The normalized spacial score (nSPS) is 11.3. The predicted molar refractivity (Wildman–Crippen MR) is 80.2 cm³/mol. The molecule has 0 amide bonds. The molecule has 1 aromatic carbocycles. The third-order valence-corrected chi connectivity index (χ3v) is 3.89. The van der Waals surface area contributed by atoms with Crippen molar-refractivity contribution in [3.05, 3.63) is 48.7 Å². The van der Waals surface area contributed by atoms with E-state index in [1.807, 2.05) is 13.8 Å². The summed E-state index contributed by atoms with van der Waals surface area (Å²) in [6.45, 7) is 4.04. The molecule has 5 nitrogen and oxygen atoms in total. The summed E-state index contributed by atoms with van der Waals surface area (Å²) in [5, 5.41) is 3.21. The zero-order valence-electron chi connectivity index (χ0n) is 11.4. The summed E-state index contributed by atoms with van der Waals surface area (Å²) in [6, 6.07) is 12.0. The second-order valence-electron chi connectivity index (χ2n) is 4.64. The van der Waals surface area contributed by atoms with Gasteiger partial charge < -0.3 is 5.32 Å². The molecule has 0 fully saturated rings. The van der Waals surface area contributed by atoms with Gasteiger partial charge in [-0.1, -0.05) is 6.07 Å². The van der Waals surface area contributed by atoms with E-state index in [1.165, 1.54) is 6.20 Å². The fourth-order valence-electron chi connectivity index (χ4n) is 1.68. The van der Waals surface area contributed by atoms with Crippen LogP contribution in [-0.2, 0) is 10.0 Å². The fraction of sp³-hybridized carbons (Fsp3) is 0.214. The topological polar surface area (TPSA) is 71.1 Å². The minimum Gasteiger partial charge on any atom is -0.383 e. The van der Waals surface area contributed by atoms with Crippen molar-refractivity contribution in [2.24, 2.45) is 0 Å². The first-order valence-electron chi connectivity index (χ1n) is 6.28. The molecule has 1 aromatic heterocycles.